The van der Waals surface area contributed by atoms with Crippen LogP contribution in [0.25, 0.3) is 0 Å². The average molecular weight is 306 g/mol. The molecule has 0 saturated heterocycles. The lowest BCUT2D eigenvalue weighted by molar-refractivity contribution is 0.0636. The summed E-state index contributed by atoms with van der Waals surface area (Å²) in [5.41, 5.74) is -0.365. The molecule has 1 aromatic carbocycles. The molecule has 0 unspecified atom stereocenters. The lowest BCUT2D eigenvalue weighted by Gasteiger charge is -2.20. The highest BCUT2D eigenvalue weighted by atomic mass is 35.5. The third kappa shape index (κ3) is 4.91. The predicted molar refractivity (Wildman–Crippen MR) is 76.1 cm³/mol. The molecular formula is C11H14BCl2NO4. The summed E-state index contributed by atoms with van der Waals surface area (Å²) in [6.45, 7) is 5.17. The molecular weight excluding hydrogens is 292 g/mol. The van der Waals surface area contributed by atoms with E-state index in [1.807, 2.05) is 0 Å². The quantitative estimate of drug-likeness (QED) is 0.730. The third-order valence-corrected chi connectivity index (χ3v) is 2.58. The Bertz CT molecular complexity index is 465. The van der Waals surface area contributed by atoms with Gasteiger partial charge in [0.05, 0.1) is 15.7 Å². The number of anilines is 1. The minimum atomic E-state index is -1.69. The van der Waals surface area contributed by atoms with Crippen molar-refractivity contribution in [2.75, 3.05) is 5.32 Å². The molecule has 0 spiro atoms. The first-order valence-electron chi connectivity index (χ1n) is 5.45. The first-order valence-corrected chi connectivity index (χ1v) is 6.21. The SMILES string of the molecule is CC(C)(C)OC(=O)Nc1c(Cl)cc(B(O)O)cc1Cl. The summed E-state index contributed by atoms with van der Waals surface area (Å²) in [5, 5.41) is 20.6. The zero-order valence-electron chi connectivity index (χ0n) is 10.7. The molecule has 0 fully saturated rings. The number of amides is 1. The lowest BCUT2D eigenvalue weighted by Crippen LogP contribution is -2.30. The van der Waals surface area contributed by atoms with Crippen molar-refractivity contribution in [1.82, 2.24) is 0 Å². The Balaban J connectivity index is 2.94. The van der Waals surface area contributed by atoms with Crippen LogP contribution in [0.2, 0.25) is 10.0 Å². The maximum absolute atomic E-state index is 11.6. The van der Waals surface area contributed by atoms with E-state index in [1.165, 1.54) is 12.1 Å². The van der Waals surface area contributed by atoms with Crippen molar-refractivity contribution in [3.05, 3.63) is 22.2 Å². The van der Waals surface area contributed by atoms with Crippen LogP contribution < -0.4 is 10.8 Å². The van der Waals surface area contributed by atoms with Gasteiger partial charge in [0.25, 0.3) is 0 Å². The zero-order valence-corrected chi connectivity index (χ0v) is 12.2. The molecule has 1 aromatic rings. The minimum Gasteiger partial charge on any atom is -0.444 e. The smallest absolute Gasteiger partial charge is 0.444 e. The maximum Gasteiger partial charge on any atom is 0.488 e. The molecule has 5 nitrogen and oxygen atoms in total. The predicted octanol–water partition coefficient (Wildman–Crippen LogP) is 2.02. The van der Waals surface area contributed by atoms with Gasteiger partial charge in [-0.15, -0.1) is 0 Å². The van der Waals surface area contributed by atoms with Gasteiger partial charge in [-0.25, -0.2) is 4.79 Å². The normalized spacial score (nSPS) is 11.1. The molecule has 0 radical (unpaired) electrons. The fourth-order valence-corrected chi connectivity index (χ4v) is 1.87. The highest BCUT2D eigenvalue weighted by Gasteiger charge is 2.20. The number of halogens is 2. The second-order valence-corrected chi connectivity index (χ2v) is 5.67. The number of rotatable bonds is 2. The maximum atomic E-state index is 11.6. The largest absolute Gasteiger partial charge is 0.488 e. The van der Waals surface area contributed by atoms with Crippen LogP contribution in [0, 0.1) is 0 Å². The van der Waals surface area contributed by atoms with Gasteiger partial charge in [0.2, 0.25) is 0 Å². The molecule has 0 aromatic heterocycles. The Morgan fingerprint density at radius 1 is 1.26 bits per heavy atom. The van der Waals surface area contributed by atoms with Crippen LogP contribution >= 0.6 is 23.2 Å². The Labute approximate surface area is 121 Å². The van der Waals surface area contributed by atoms with E-state index < -0.39 is 18.8 Å². The Hall–Kier alpha value is -0.945. The molecule has 19 heavy (non-hydrogen) atoms. The molecule has 0 atom stereocenters. The Morgan fingerprint density at radius 2 is 1.74 bits per heavy atom. The van der Waals surface area contributed by atoms with E-state index in [0.29, 0.717) is 0 Å². The molecule has 8 heteroatoms. The van der Waals surface area contributed by atoms with E-state index in [4.69, 9.17) is 38.0 Å². The molecule has 0 aliphatic rings. The van der Waals surface area contributed by atoms with Crippen molar-refractivity contribution >= 4 is 47.6 Å². The molecule has 104 valence electrons. The van der Waals surface area contributed by atoms with Gasteiger partial charge in [-0.1, -0.05) is 23.2 Å². The molecule has 0 aliphatic carbocycles. The van der Waals surface area contributed by atoms with E-state index in [-0.39, 0.29) is 21.2 Å². The number of hydrogen-bond donors (Lipinski definition) is 3. The summed E-state index contributed by atoms with van der Waals surface area (Å²) < 4.78 is 5.06. The highest BCUT2D eigenvalue weighted by Crippen LogP contribution is 2.29. The number of benzene rings is 1. The van der Waals surface area contributed by atoms with Crippen LogP contribution in [-0.2, 0) is 4.74 Å². The summed E-state index contributed by atoms with van der Waals surface area (Å²) in [5.74, 6) is 0. The van der Waals surface area contributed by atoms with Crippen molar-refractivity contribution in [3.63, 3.8) is 0 Å². The fraction of sp³-hybridized carbons (Fsp3) is 0.364. The summed E-state index contributed by atoms with van der Waals surface area (Å²) in [4.78, 5) is 11.6. The van der Waals surface area contributed by atoms with Gasteiger partial charge in [-0.3, -0.25) is 5.32 Å². The number of nitrogens with one attached hydrogen (secondary N) is 1. The van der Waals surface area contributed by atoms with Crippen molar-refractivity contribution in [1.29, 1.82) is 0 Å². The van der Waals surface area contributed by atoms with E-state index in [0.717, 1.165) is 0 Å². The first kappa shape index (κ1) is 16.1. The molecule has 1 rings (SSSR count). The van der Waals surface area contributed by atoms with Gasteiger partial charge in [-0.2, -0.15) is 0 Å². The van der Waals surface area contributed by atoms with Crippen molar-refractivity contribution in [2.24, 2.45) is 0 Å². The first-order chi connectivity index (χ1) is 8.60. The number of carbonyl (C=O) groups is 1. The zero-order chi connectivity index (χ0) is 14.8. The second-order valence-electron chi connectivity index (χ2n) is 4.86. The van der Waals surface area contributed by atoms with E-state index in [2.05, 4.69) is 5.32 Å². The standard InChI is InChI=1S/C11H14BCl2NO4/c1-11(2,3)19-10(16)15-9-7(13)4-6(12(17)18)5-8(9)14/h4-5,17-18H,1-3H3,(H,15,16). The summed E-state index contributed by atoms with van der Waals surface area (Å²) in [7, 11) is -1.69. The topological polar surface area (TPSA) is 78.8 Å². The van der Waals surface area contributed by atoms with Gasteiger partial charge in [0.1, 0.15) is 5.60 Å². The molecule has 3 N–H and O–H groups in total. The summed E-state index contributed by atoms with van der Waals surface area (Å²) in [6, 6.07) is 2.59. The van der Waals surface area contributed by atoms with Crippen LogP contribution in [0.3, 0.4) is 0 Å². The average Bonchev–Trinajstić information content (AvgIpc) is 2.20. The van der Waals surface area contributed by atoms with Crippen molar-refractivity contribution in [3.8, 4) is 0 Å². The number of carbonyl (C=O) groups excluding carboxylic acids is 1. The second kappa shape index (κ2) is 6.01. The summed E-state index contributed by atoms with van der Waals surface area (Å²) >= 11 is 11.8. The Morgan fingerprint density at radius 3 is 2.11 bits per heavy atom. The van der Waals surface area contributed by atoms with E-state index >= 15 is 0 Å². The molecule has 0 saturated carbocycles. The monoisotopic (exact) mass is 305 g/mol. The fourth-order valence-electron chi connectivity index (χ4n) is 1.27. The van der Waals surface area contributed by atoms with Gasteiger partial charge in [0, 0.05) is 0 Å². The van der Waals surface area contributed by atoms with Crippen LogP contribution in [0.1, 0.15) is 20.8 Å². The van der Waals surface area contributed by atoms with Gasteiger partial charge < -0.3 is 14.8 Å². The number of hydrogen-bond acceptors (Lipinski definition) is 4. The molecule has 0 bridgehead atoms. The molecule has 0 aliphatic heterocycles. The summed E-state index contributed by atoms with van der Waals surface area (Å²) in [6.07, 6.45) is -0.700. The molecule has 0 heterocycles. The molecule has 1 amide bonds. The minimum absolute atomic E-state index is 0.0847. The Kier molecular flexibility index (Phi) is 5.09. The van der Waals surface area contributed by atoms with Gasteiger partial charge in [-0.05, 0) is 38.4 Å². The number of ether oxygens (including phenoxy) is 1. The van der Waals surface area contributed by atoms with Crippen molar-refractivity contribution < 1.29 is 19.6 Å². The van der Waals surface area contributed by atoms with Gasteiger partial charge >= 0.3 is 13.2 Å². The van der Waals surface area contributed by atoms with Crippen LogP contribution in [0.5, 0.6) is 0 Å². The van der Waals surface area contributed by atoms with Crippen LogP contribution in [0.15, 0.2) is 12.1 Å². The third-order valence-electron chi connectivity index (χ3n) is 1.99. The van der Waals surface area contributed by atoms with Crippen LogP contribution in [-0.4, -0.2) is 28.9 Å². The highest BCUT2D eigenvalue weighted by molar-refractivity contribution is 6.59. The van der Waals surface area contributed by atoms with E-state index in [9.17, 15) is 4.79 Å². The lowest BCUT2D eigenvalue weighted by atomic mass is 9.80. The van der Waals surface area contributed by atoms with Crippen LogP contribution in [0.4, 0.5) is 10.5 Å². The van der Waals surface area contributed by atoms with Gasteiger partial charge in [0.15, 0.2) is 0 Å². The van der Waals surface area contributed by atoms with Crippen molar-refractivity contribution in [2.45, 2.75) is 26.4 Å². The van der Waals surface area contributed by atoms with E-state index in [1.54, 1.807) is 20.8 Å².